The van der Waals surface area contributed by atoms with Crippen LogP contribution in [0.1, 0.15) is 24.8 Å². The van der Waals surface area contributed by atoms with Gasteiger partial charge in [0.05, 0.1) is 4.90 Å². The Labute approximate surface area is 115 Å². The largest absolute Gasteiger partial charge is 0.243 e. The molecule has 0 bridgehead atoms. The molecule has 3 nitrogen and oxygen atoms in total. The third-order valence-electron chi connectivity index (χ3n) is 4.19. The molecule has 2 aliphatic rings. The van der Waals surface area contributed by atoms with Gasteiger partial charge in [-0.25, -0.2) is 8.42 Å². The van der Waals surface area contributed by atoms with Gasteiger partial charge in [-0.1, -0.05) is 29.8 Å². The zero-order valence-corrected chi connectivity index (χ0v) is 11.9. The SMILES string of the molecule is Cc1ccc(S(=O)(=O)N2CC[C@@H]3C=CCC[C@@H]32)cc1. The normalized spacial score (nSPS) is 27.4. The van der Waals surface area contributed by atoms with E-state index < -0.39 is 10.0 Å². The second kappa shape index (κ2) is 4.76. The van der Waals surface area contributed by atoms with Gasteiger partial charge in [0.25, 0.3) is 0 Å². The average Bonchev–Trinajstić information content (AvgIpc) is 2.83. The molecule has 1 aliphatic carbocycles. The molecule has 0 radical (unpaired) electrons. The molecule has 0 spiro atoms. The van der Waals surface area contributed by atoms with Crippen molar-refractivity contribution in [2.45, 2.75) is 37.1 Å². The smallest absolute Gasteiger partial charge is 0.207 e. The maximum absolute atomic E-state index is 12.7. The maximum atomic E-state index is 12.7. The third kappa shape index (κ3) is 2.23. The molecular weight excluding hydrogens is 258 g/mol. The molecule has 102 valence electrons. The fourth-order valence-corrected chi connectivity index (χ4v) is 4.83. The van der Waals surface area contributed by atoms with Crippen LogP contribution in [0.2, 0.25) is 0 Å². The van der Waals surface area contributed by atoms with Crippen molar-refractivity contribution >= 4 is 10.0 Å². The molecule has 1 saturated heterocycles. The Morgan fingerprint density at radius 1 is 1.16 bits per heavy atom. The Bertz CT molecular complexity index is 589. The second-order valence-electron chi connectivity index (χ2n) is 5.45. The number of sulfonamides is 1. The van der Waals surface area contributed by atoms with Gasteiger partial charge < -0.3 is 0 Å². The Morgan fingerprint density at radius 3 is 2.63 bits per heavy atom. The summed E-state index contributed by atoms with van der Waals surface area (Å²) in [4.78, 5) is 0.424. The Morgan fingerprint density at radius 2 is 1.89 bits per heavy atom. The topological polar surface area (TPSA) is 37.4 Å². The van der Waals surface area contributed by atoms with E-state index in [9.17, 15) is 8.42 Å². The number of aryl methyl sites for hydroxylation is 1. The summed E-state index contributed by atoms with van der Waals surface area (Å²) in [7, 11) is -3.33. The van der Waals surface area contributed by atoms with Crippen LogP contribution in [0.15, 0.2) is 41.3 Å². The van der Waals surface area contributed by atoms with Gasteiger partial charge in [0, 0.05) is 12.6 Å². The number of fused-ring (bicyclic) bond motifs is 1. The van der Waals surface area contributed by atoms with Gasteiger partial charge in [-0.05, 0) is 44.2 Å². The zero-order chi connectivity index (χ0) is 13.5. The zero-order valence-electron chi connectivity index (χ0n) is 11.1. The van der Waals surface area contributed by atoms with Crippen LogP contribution in [0.3, 0.4) is 0 Å². The van der Waals surface area contributed by atoms with E-state index in [1.165, 1.54) is 0 Å². The highest BCUT2D eigenvalue weighted by atomic mass is 32.2. The molecule has 0 amide bonds. The first-order valence-corrected chi connectivity index (χ1v) is 8.28. The monoisotopic (exact) mass is 277 g/mol. The molecule has 1 heterocycles. The number of allylic oxidation sites excluding steroid dienone is 1. The van der Waals surface area contributed by atoms with E-state index in [1.54, 1.807) is 16.4 Å². The fraction of sp³-hybridized carbons (Fsp3) is 0.467. The number of benzene rings is 1. The van der Waals surface area contributed by atoms with Gasteiger partial charge in [0.1, 0.15) is 0 Å². The van der Waals surface area contributed by atoms with E-state index in [-0.39, 0.29) is 6.04 Å². The molecule has 4 heteroatoms. The highest BCUT2D eigenvalue weighted by Gasteiger charge is 2.40. The van der Waals surface area contributed by atoms with Crippen LogP contribution in [0.5, 0.6) is 0 Å². The van der Waals surface area contributed by atoms with Crippen LogP contribution in [0.25, 0.3) is 0 Å². The fourth-order valence-electron chi connectivity index (χ4n) is 3.11. The van der Waals surface area contributed by atoms with Crippen LogP contribution in [-0.2, 0) is 10.0 Å². The van der Waals surface area contributed by atoms with Crippen LogP contribution >= 0.6 is 0 Å². The van der Waals surface area contributed by atoms with E-state index in [1.807, 2.05) is 19.1 Å². The van der Waals surface area contributed by atoms with Crippen molar-refractivity contribution in [1.29, 1.82) is 0 Å². The third-order valence-corrected chi connectivity index (χ3v) is 6.13. The molecule has 3 rings (SSSR count). The first-order valence-electron chi connectivity index (χ1n) is 6.84. The minimum Gasteiger partial charge on any atom is -0.207 e. The summed E-state index contributed by atoms with van der Waals surface area (Å²) >= 11 is 0. The van der Waals surface area contributed by atoms with E-state index in [4.69, 9.17) is 0 Å². The lowest BCUT2D eigenvalue weighted by Gasteiger charge is -2.28. The summed E-state index contributed by atoms with van der Waals surface area (Å²) in [5.41, 5.74) is 1.08. The van der Waals surface area contributed by atoms with E-state index in [2.05, 4.69) is 12.2 Å². The molecule has 0 aromatic heterocycles. The molecule has 19 heavy (non-hydrogen) atoms. The predicted octanol–water partition coefficient (Wildman–Crippen LogP) is 2.72. The van der Waals surface area contributed by atoms with E-state index in [0.29, 0.717) is 17.4 Å². The number of rotatable bonds is 2. The van der Waals surface area contributed by atoms with Gasteiger partial charge in [-0.2, -0.15) is 4.31 Å². The second-order valence-corrected chi connectivity index (χ2v) is 7.34. The molecule has 1 aliphatic heterocycles. The Hall–Kier alpha value is -1.13. The summed E-state index contributed by atoms with van der Waals surface area (Å²) in [6.45, 7) is 2.62. The lowest BCUT2D eigenvalue weighted by Crippen LogP contribution is -2.38. The van der Waals surface area contributed by atoms with Crippen LogP contribution in [0, 0.1) is 12.8 Å². The maximum Gasteiger partial charge on any atom is 0.243 e. The van der Waals surface area contributed by atoms with Crippen LogP contribution in [0.4, 0.5) is 0 Å². The van der Waals surface area contributed by atoms with E-state index in [0.717, 1.165) is 24.8 Å². The van der Waals surface area contributed by atoms with Gasteiger partial charge in [0.2, 0.25) is 10.0 Å². The lowest BCUT2D eigenvalue weighted by molar-refractivity contribution is 0.337. The summed E-state index contributed by atoms with van der Waals surface area (Å²) in [6.07, 6.45) is 7.27. The molecule has 2 atom stereocenters. The Balaban J connectivity index is 1.93. The van der Waals surface area contributed by atoms with Crippen molar-refractivity contribution in [3.05, 3.63) is 42.0 Å². The molecule has 0 unspecified atom stereocenters. The summed E-state index contributed by atoms with van der Waals surface area (Å²) in [5.74, 6) is 0.411. The van der Waals surface area contributed by atoms with Gasteiger partial charge in [0.15, 0.2) is 0 Å². The van der Waals surface area contributed by atoms with Crippen molar-refractivity contribution < 1.29 is 8.42 Å². The van der Waals surface area contributed by atoms with Crippen molar-refractivity contribution in [3.63, 3.8) is 0 Å². The molecular formula is C15H19NO2S. The van der Waals surface area contributed by atoms with Crippen molar-refractivity contribution in [3.8, 4) is 0 Å². The van der Waals surface area contributed by atoms with Crippen molar-refractivity contribution in [1.82, 2.24) is 4.31 Å². The van der Waals surface area contributed by atoms with Crippen molar-refractivity contribution in [2.75, 3.05) is 6.54 Å². The first kappa shape index (κ1) is 12.9. The Kier molecular flexibility index (Phi) is 3.23. The standard InChI is InChI=1S/C15H19NO2S/c1-12-6-8-14(9-7-12)19(17,18)16-11-10-13-4-2-3-5-15(13)16/h2,4,6-9,13,15H,3,5,10-11H2,1H3/t13-,15-/m0/s1. The quantitative estimate of drug-likeness (QED) is 0.779. The number of hydrogen-bond donors (Lipinski definition) is 0. The van der Waals surface area contributed by atoms with Crippen LogP contribution < -0.4 is 0 Å². The highest BCUT2D eigenvalue weighted by molar-refractivity contribution is 7.89. The number of nitrogens with zero attached hydrogens (tertiary/aromatic N) is 1. The lowest BCUT2D eigenvalue weighted by atomic mass is 9.92. The molecule has 0 saturated carbocycles. The molecule has 1 aromatic rings. The molecule has 1 fully saturated rings. The predicted molar refractivity (Wildman–Crippen MR) is 75.3 cm³/mol. The van der Waals surface area contributed by atoms with Gasteiger partial charge in [-0.15, -0.1) is 0 Å². The summed E-state index contributed by atoms with van der Waals surface area (Å²) in [6, 6.07) is 7.33. The summed E-state index contributed by atoms with van der Waals surface area (Å²) < 4.78 is 27.1. The number of hydrogen-bond acceptors (Lipinski definition) is 2. The minimum atomic E-state index is -3.33. The van der Waals surface area contributed by atoms with Crippen LogP contribution in [-0.4, -0.2) is 25.3 Å². The highest BCUT2D eigenvalue weighted by Crippen LogP contribution is 2.36. The van der Waals surface area contributed by atoms with Crippen molar-refractivity contribution in [2.24, 2.45) is 5.92 Å². The van der Waals surface area contributed by atoms with Gasteiger partial charge in [-0.3, -0.25) is 0 Å². The van der Waals surface area contributed by atoms with Gasteiger partial charge >= 0.3 is 0 Å². The summed E-state index contributed by atoms with van der Waals surface area (Å²) in [5, 5.41) is 0. The molecule has 1 aromatic carbocycles. The first-order chi connectivity index (χ1) is 9.09. The van der Waals surface area contributed by atoms with E-state index >= 15 is 0 Å². The minimum absolute atomic E-state index is 0.163. The average molecular weight is 277 g/mol. The molecule has 0 N–H and O–H groups in total.